The van der Waals surface area contributed by atoms with Gasteiger partial charge in [0.1, 0.15) is 0 Å². The third-order valence-electron chi connectivity index (χ3n) is 3.21. The maximum absolute atomic E-state index is 12.1. The van der Waals surface area contributed by atoms with E-state index in [2.05, 4.69) is 15.5 Å². The molecule has 0 bridgehead atoms. The van der Waals surface area contributed by atoms with Crippen molar-refractivity contribution in [2.75, 3.05) is 5.32 Å². The molecule has 3 aromatic rings. The third kappa shape index (κ3) is 3.96. The summed E-state index contributed by atoms with van der Waals surface area (Å²) >= 11 is 5.84. The highest BCUT2D eigenvalue weighted by Gasteiger charge is 2.08. The lowest BCUT2D eigenvalue weighted by Crippen LogP contribution is -2.14. The van der Waals surface area contributed by atoms with Crippen LogP contribution in [0.2, 0.25) is 5.02 Å². The van der Waals surface area contributed by atoms with Gasteiger partial charge in [-0.2, -0.15) is 4.98 Å². The van der Waals surface area contributed by atoms with Gasteiger partial charge in [-0.25, -0.2) is 0 Å². The summed E-state index contributed by atoms with van der Waals surface area (Å²) in [5, 5.41) is 7.39. The predicted molar refractivity (Wildman–Crippen MR) is 88.3 cm³/mol. The van der Waals surface area contributed by atoms with E-state index in [0.29, 0.717) is 22.4 Å². The molecule has 1 N–H and O–H groups in total. The zero-order valence-electron chi connectivity index (χ0n) is 12.4. The number of halogens is 1. The molecular weight excluding hydrogens is 314 g/mol. The van der Waals surface area contributed by atoms with Gasteiger partial charge < -0.3 is 9.84 Å². The Morgan fingerprint density at radius 3 is 2.70 bits per heavy atom. The van der Waals surface area contributed by atoms with E-state index in [1.54, 1.807) is 19.1 Å². The van der Waals surface area contributed by atoms with Crippen LogP contribution in [0.5, 0.6) is 0 Å². The zero-order valence-corrected chi connectivity index (χ0v) is 13.2. The molecule has 5 nitrogen and oxygen atoms in total. The minimum atomic E-state index is -0.103. The Kier molecular flexibility index (Phi) is 4.39. The van der Waals surface area contributed by atoms with E-state index in [4.69, 9.17) is 16.1 Å². The molecule has 0 saturated carbocycles. The molecule has 116 valence electrons. The molecule has 0 aliphatic rings. The summed E-state index contributed by atoms with van der Waals surface area (Å²) in [5.41, 5.74) is 2.37. The molecule has 0 aliphatic carbocycles. The monoisotopic (exact) mass is 327 g/mol. The van der Waals surface area contributed by atoms with Crippen LogP contribution in [-0.2, 0) is 11.2 Å². The van der Waals surface area contributed by atoms with Crippen LogP contribution >= 0.6 is 11.6 Å². The molecule has 0 atom stereocenters. The van der Waals surface area contributed by atoms with Crippen molar-refractivity contribution in [3.8, 4) is 11.4 Å². The van der Waals surface area contributed by atoms with E-state index < -0.39 is 0 Å². The number of anilines is 1. The lowest BCUT2D eigenvalue weighted by atomic mass is 10.1. The van der Waals surface area contributed by atoms with Gasteiger partial charge in [-0.05, 0) is 29.8 Å². The standard InChI is InChI=1S/C17H14ClN3O2/c1-11-19-17(21-23-11)13-3-2-4-15(10-13)20-16(22)9-12-5-7-14(18)8-6-12/h2-8,10H,9H2,1H3,(H,20,22). The Bertz CT molecular complexity index is 828. The summed E-state index contributed by atoms with van der Waals surface area (Å²) < 4.78 is 4.97. The van der Waals surface area contributed by atoms with Crippen LogP contribution in [0.25, 0.3) is 11.4 Å². The second-order valence-corrected chi connectivity index (χ2v) is 5.51. The molecule has 0 spiro atoms. The van der Waals surface area contributed by atoms with Crippen LogP contribution in [0.4, 0.5) is 5.69 Å². The summed E-state index contributed by atoms with van der Waals surface area (Å²) in [6, 6.07) is 14.5. The minimum Gasteiger partial charge on any atom is -0.339 e. The van der Waals surface area contributed by atoms with Crippen molar-refractivity contribution >= 4 is 23.2 Å². The third-order valence-corrected chi connectivity index (χ3v) is 3.46. The van der Waals surface area contributed by atoms with Gasteiger partial charge in [0.05, 0.1) is 6.42 Å². The van der Waals surface area contributed by atoms with Gasteiger partial charge >= 0.3 is 0 Å². The van der Waals surface area contributed by atoms with Gasteiger partial charge in [0, 0.05) is 23.2 Å². The number of benzene rings is 2. The second-order valence-electron chi connectivity index (χ2n) is 5.07. The normalized spacial score (nSPS) is 10.5. The van der Waals surface area contributed by atoms with Crippen LogP contribution in [0.3, 0.4) is 0 Å². The van der Waals surface area contributed by atoms with E-state index >= 15 is 0 Å². The number of nitrogens with one attached hydrogen (secondary N) is 1. The smallest absolute Gasteiger partial charge is 0.228 e. The highest BCUT2D eigenvalue weighted by atomic mass is 35.5. The molecule has 0 fully saturated rings. The number of aromatic nitrogens is 2. The molecule has 1 aromatic heterocycles. The number of hydrogen-bond donors (Lipinski definition) is 1. The van der Waals surface area contributed by atoms with Crippen LogP contribution in [0.15, 0.2) is 53.1 Å². The van der Waals surface area contributed by atoms with Gasteiger partial charge in [-0.3, -0.25) is 4.79 Å². The molecular formula is C17H14ClN3O2. The van der Waals surface area contributed by atoms with E-state index in [1.165, 1.54) is 0 Å². The van der Waals surface area contributed by atoms with Crippen molar-refractivity contribution in [1.29, 1.82) is 0 Å². The first kappa shape index (κ1) is 15.2. The van der Waals surface area contributed by atoms with Crippen molar-refractivity contribution < 1.29 is 9.32 Å². The molecule has 2 aromatic carbocycles. The summed E-state index contributed by atoms with van der Waals surface area (Å²) in [5.74, 6) is 0.891. The topological polar surface area (TPSA) is 68.0 Å². The van der Waals surface area contributed by atoms with Crippen LogP contribution in [0.1, 0.15) is 11.5 Å². The molecule has 6 heteroatoms. The minimum absolute atomic E-state index is 0.103. The molecule has 1 amide bonds. The van der Waals surface area contributed by atoms with Crippen molar-refractivity contribution in [3.05, 3.63) is 65.0 Å². The Morgan fingerprint density at radius 2 is 2.00 bits per heavy atom. The predicted octanol–water partition coefficient (Wildman–Crippen LogP) is 3.88. The maximum atomic E-state index is 12.1. The first-order chi connectivity index (χ1) is 11.1. The van der Waals surface area contributed by atoms with Crippen LogP contribution in [0, 0.1) is 6.92 Å². The molecule has 0 aliphatic heterocycles. The van der Waals surface area contributed by atoms with Gasteiger partial charge in [0.15, 0.2) is 0 Å². The fraction of sp³-hybridized carbons (Fsp3) is 0.118. The number of carbonyl (C=O) groups excluding carboxylic acids is 1. The van der Waals surface area contributed by atoms with Crippen molar-refractivity contribution in [2.45, 2.75) is 13.3 Å². The summed E-state index contributed by atoms with van der Waals surface area (Å²) in [7, 11) is 0. The fourth-order valence-corrected chi connectivity index (χ4v) is 2.27. The van der Waals surface area contributed by atoms with Gasteiger partial charge in [-0.1, -0.05) is 41.0 Å². The number of hydrogen-bond acceptors (Lipinski definition) is 4. The summed E-state index contributed by atoms with van der Waals surface area (Å²) in [6.07, 6.45) is 0.280. The van der Waals surface area contributed by atoms with E-state index in [-0.39, 0.29) is 12.3 Å². The van der Waals surface area contributed by atoms with Crippen LogP contribution < -0.4 is 5.32 Å². The quantitative estimate of drug-likeness (QED) is 0.789. The molecule has 0 unspecified atom stereocenters. The van der Waals surface area contributed by atoms with Crippen molar-refractivity contribution in [3.63, 3.8) is 0 Å². The Morgan fingerprint density at radius 1 is 1.22 bits per heavy atom. The average Bonchev–Trinajstić information content (AvgIpc) is 2.96. The lowest BCUT2D eigenvalue weighted by molar-refractivity contribution is -0.115. The lowest BCUT2D eigenvalue weighted by Gasteiger charge is -2.06. The van der Waals surface area contributed by atoms with Gasteiger partial charge in [-0.15, -0.1) is 0 Å². The SMILES string of the molecule is Cc1nc(-c2cccc(NC(=O)Cc3ccc(Cl)cc3)c2)no1. The Labute approximate surface area is 138 Å². The number of amides is 1. The Hall–Kier alpha value is -2.66. The molecule has 0 saturated heterocycles. The molecule has 23 heavy (non-hydrogen) atoms. The highest BCUT2D eigenvalue weighted by Crippen LogP contribution is 2.20. The van der Waals surface area contributed by atoms with E-state index in [9.17, 15) is 4.79 Å². The van der Waals surface area contributed by atoms with Gasteiger partial charge in [0.2, 0.25) is 17.6 Å². The summed E-state index contributed by atoms with van der Waals surface area (Å²) in [6.45, 7) is 1.73. The van der Waals surface area contributed by atoms with Crippen LogP contribution in [-0.4, -0.2) is 16.0 Å². The first-order valence-electron chi connectivity index (χ1n) is 7.05. The zero-order chi connectivity index (χ0) is 16.2. The molecule has 0 radical (unpaired) electrons. The fourth-order valence-electron chi connectivity index (χ4n) is 2.15. The number of aryl methyl sites for hydroxylation is 1. The van der Waals surface area contributed by atoms with Gasteiger partial charge in [0.25, 0.3) is 0 Å². The summed E-state index contributed by atoms with van der Waals surface area (Å²) in [4.78, 5) is 16.3. The second kappa shape index (κ2) is 6.62. The molecule has 3 rings (SSSR count). The number of nitrogens with zero attached hydrogens (tertiary/aromatic N) is 2. The maximum Gasteiger partial charge on any atom is 0.228 e. The molecule has 1 heterocycles. The largest absolute Gasteiger partial charge is 0.339 e. The average molecular weight is 328 g/mol. The van der Waals surface area contributed by atoms with E-state index in [0.717, 1.165) is 11.1 Å². The van der Waals surface area contributed by atoms with E-state index in [1.807, 2.05) is 36.4 Å². The van der Waals surface area contributed by atoms with Crippen molar-refractivity contribution in [1.82, 2.24) is 10.1 Å². The number of carbonyl (C=O) groups is 1. The Balaban J connectivity index is 1.70. The highest BCUT2D eigenvalue weighted by molar-refractivity contribution is 6.30. The van der Waals surface area contributed by atoms with Crippen molar-refractivity contribution in [2.24, 2.45) is 0 Å². The first-order valence-corrected chi connectivity index (χ1v) is 7.43. The number of rotatable bonds is 4.